The summed E-state index contributed by atoms with van der Waals surface area (Å²) in [6.07, 6.45) is 2.23. The molecule has 0 aliphatic carbocycles. The highest BCUT2D eigenvalue weighted by atomic mass is 16.3. The molecule has 18 heavy (non-hydrogen) atoms. The smallest absolute Gasteiger partial charge is 0.0647 e. The van der Waals surface area contributed by atoms with Crippen molar-refractivity contribution in [3.63, 3.8) is 0 Å². The molecule has 3 heteroatoms. The predicted octanol–water partition coefficient (Wildman–Crippen LogP) is 1.75. The van der Waals surface area contributed by atoms with Crippen LogP contribution in [0.1, 0.15) is 18.9 Å². The number of rotatable bonds is 3. The van der Waals surface area contributed by atoms with Gasteiger partial charge in [0, 0.05) is 18.8 Å². The summed E-state index contributed by atoms with van der Waals surface area (Å²) in [5.74, 6) is 0. The Balaban J connectivity index is 2.17. The van der Waals surface area contributed by atoms with E-state index >= 15 is 0 Å². The van der Waals surface area contributed by atoms with Gasteiger partial charge >= 0.3 is 0 Å². The number of hydrogen-bond donors (Lipinski definition) is 1. The summed E-state index contributed by atoms with van der Waals surface area (Å²) in [7, 11) is 2.13. The Bertz CT molecular complexity index is 363. The first-order chi connectivity index (χ1) is 8.74. The maximum absolute atomic E-state index is 9.60. The van der Waals surface area contributed by atoms with Crippen LogP contribution in [-0.2, 0) is 6.42 Å². The highest BCUT2D eigenvalue weighted by Gasteiger charge is 2.22. The lowest BCUT2D eigenvalue weighted by Gasteiger charge is -2.31. The van der Waals surface area contributed by atoms with Crippen molar-refractivity contribution in [2.24, 2.45) is 0 Å². The van der Waals surface area contributed by atoms with Crippen LogP contribution < -0.4 is 4.90 Å². The van der Waals surface area contributed by atoms with Crippen molar-refractivity contribution in [2.45, 2.75) is 25.8 Å². The minimum Gasteiger partial charge on any atom is -0.394 e. The molecule has 0 saturated carbocycles. The monoisotopic (exact) mass is 248 g/mol. The first kappa shape index (κ1) is 13.4. The average Bonchev–Trinajstić information content (AvgIpc) is 2.60. The average molecular weight is 248 g/mol. The van der Waals surface area contributed by atoms with Crippen molar-refractivity contribution >= 4 is 5.69 Å². The van der Waals surface area contributed by atoms with E-state index in [1.807, 2.05) is 0 Å². The third kappa shape index (κ3) is 3.03. The Hall–Kier alpha value is -1.06. The van der Waals surface area contributed by atoms with Crippen molar-refractivity contribution in [1.82, 2.24) is 4.90 Å². The Kier molecular flexibility index (Phi) is 4.61. The fourth-order valence-corrected chi connectivity index (χ4v) is 2.66. The topological polar surface area (TPSA) is 26.7 Å². The van der Waals surface area contributed by atoms with Crippen LogP contribution in [0.25, 0.3) is 0 Å². The molecule has 1 saturated heterocycles. The van der Waals surface area contributed by atoms with Gasteiger partial charge in [-0.15, -0.1) is 0 Å². The van der Waals surface area contributed by atoms with Crippen LogP contribution in [0, 0.1) is 0 Å². The summed E-state index contributed by atoms with van der Waals surface area (Å²) in [4.78, 5) is 4.66. The van der Waals surface area contributed by atoms with Gasteiger partial charge in [-0.1, -0.05) is 19.1 Å². The summed E-state index contributed by atoms with van der Waals surface area (Å²) < 4.78 is 0. The second kappa shape index (κ2) is 6.21. The van der Waals surface area contributed by atoms with E-state index in [9.17, 15) is 5.11 Å². The van der Waals surface area contributed by atoms with Gasteiger partial charge < -0.3 is 14.9 Å². The number of nitrogens with zero attached hydrogens (tertiary/aromatic N) is 2. The molecule has 0 bridgehead atoms. The van der Waals surface area contributed by atoms with E-state index in [4.69, 9.17) is 0 Å². The van der Waals surface area contributed by atoms with Crippen molar-refractivity contribution in [3.05, 3.63) is 29.8 Å². The van der Waals surface area contributed by atoms with Gasteiger partial charge in [0.05, 0.1) is 12.6 Å². The van der Waals surface area contributed by atoms with Gasteiger partial charge in [0.15, 0.2) is 0 Å². The SMILES string of the molecule is CCc1ccc(N2CCCN(C)CC2CO)cc1. The van der Waals surface area contributed by atoms with Crippen molar-refractivity contribution in [3.8, 4) is 0 Å². The highest BCUT2D eigenvalue weighted by molar-refractivity contribution is 5.49. The zero-order valence-electron chi connectivity index (χ0n) is 11.5. The van der Waals surface area contributed by atoms with Gasteiger partial charge in [-0.05, 0) is 44.1 Å². The first-order valence-electron chi connectivity index (χ1n) is 6.89. The Labute approximate surface area is 110 Å². The summed E-state index contributed by atoms with van der Waals surface area (Å²) in [6, 6.07) is 8.97. The molecule has 100 valence electrons. The third-order valence-corrected chi connectivity index (χ3v) is 3.79. The van der Waals surface area contributed by atoms with Gasteiger partial charge in [-0.3, -0.25) is 0 Å². The number of aryl methyl sites for hydroxylation is 1. The molecule has 0 aromatic heterocycles. The summed E-state index contributed by atoms with van der Waals surface area (Å²) in [5, 5.41) is 9.60. The lowest BCUT2D eigenvalue weighted by atomic mass is 10.1. The summed E-state index contributed by atoms with van der Waals surface area (Å²) in [5.41, 5.74) is 2.60. The van der Waals surface area contributed by atoms with E-state index in [2.05, 4.69) is 48.0 Å². The van der Waals surface area contributed by atoms with Crippen LogP contribution in [0.15, 0.2) is 24.3 Å². The number of aliphatic hydroxyl groups excluding tert-OH is 1. The number of benzene rings is 1. The van der Waals surface area contributed by atoms with Crippen LogP contribution in [0.2, 0.25) is 0 Å². The van der Waals surface area contributed by atoms with Crippen molar-refractivity contribution in [2.75, 3.05) is 38.2 Å². The normalized spacial score (nSPS) is 21.9. The van der Waals surface area contributed by atoms with Gasteiger partial charge in [0.2, 0.25) is 0 Å². The van der Waals surface area contributed by atoms with Crippen LogP contribution in [-0.4, -0.2) is 49.3 Å². The zero-order valence-corrected chi connectivity index (χ0v) is 11.5. The molecule has 1 heterocycles. The van der Waals surface area contributed by atoms with Crippen molar-refractivity contribution in [1.29, 1.82) is 0 Å². The second-order valence-electron chi connectivity index (χ2n) is 5.17. The molecule has 1 N–H and O–H groups in total. The van der Waals surface area contributed by atoms with E-state index in [1.54, 1.807) is 0 Å². The lowest BCUT2D eigenvalue weighted by molar-refractivity contribution is 0.229. The molecule has 3 nitrogen and oxygen atoms in total. The maximum atomic E-state index is 9.60. The molecule has 1 aromatic rings. The predicted molar refractivity (Wildman–Crippen MR) is 76.2 cm³/mol. The number of likely N-dealkylation sites (N-methyl/N-ethyl adjacent to an activating group) is 1. The molecular formula is C15H24N2O. The fraction of sp³-hybridized carbons (Fsp3) is 0.600. The molecule has 1 unspecified atom stereocenters. The van der Waals surface area contributed by atoms with Crippen LogP contribution in [0.4, 0.5) is 5.69 Å². The van der Waals surface area contributed by atoms with E-state index < -0.39 is 0 Å². The molecule has 2 rings (SSSR count). The summed E-state index contributed by atoms with van der Waals surface area (Å²) in [6.45, 7) is 5.47. The van der Waals surface area contributed by atoms with Gasteiger partial charge in [-0.25, -0.2) is 0 Å². The standard InChI is InChI=1S/C15H24N2O/c1-3-13-5-7-14(8-6-13)17-10-4-9-16(2)11-15(17)12-18/h5-8,15,18H,3-4,9-12H2,1-2H3. The number of hydrogen-bond acceptors (Lipinski definition) is 3. The molecule has 1 fully saturated rings. The van der Waals surface area contributed by atoms with Crippen LogP contribution in [0.5, 0.6) is 0 Å². The Morgan fingerprint density at radius 1 is 1.22 bits per heavy atom. The highest BCUT2D eigenvalue weighted by Crippen LogP contribution is 2.21. The van der Waals surface area contributed by atoms with Gasteiger partial charge in [0.1, 0.15) is 0 Å². The lowest BCUT2D eigenvalue weighted by Crippen LogP contribution is -2.42. The fourth-order valence-electron chi connectivity index (χ4n) is 2.66. The molecule has 1 aliphatic rings. The van der Waals surface area contributed by atoms with Gasteiger partial charge in [0.25, 0.3) is 0 Å². The third-order valence-electron chi connectivity index (χ3n) is 3.79. The van der Waals surface area contributed by atoms with Crippen LogP contribution in [0.3, 0.4) is 0 Å². The number of anilines is 1. The van der Waals surface area contributed by atoms with Crippen molar-refractivity contribution < 1.29 is 5.11 Å². The molecule has 1 aromatic carbocycles. The number of aliphatic hydroxyl groups is 1. The largest absolute Gasteiger partial charge is 0.394 e. The summed E-state index contributed by atoms with van der Waals surface area (Å²) >= 11 is 0. The first-order valence-corrected chi connectivity index (χ1v) is 6.89. The van der Waals surface area contributed by atoms with E-state index in [1.165, 1.54) is 11.3 Å². The Morgan fingerprint density at radius 3 is 2.56 bits per heavy atom. The molecular weight excluding hydrogens is 224 g/mol. The molecule has 1 atom stereocenters. The molecule has 0 spiro atoms. The van der Waals surface area contributed by atoms with E-state index in [-0.39, 0.29) is 12.6 Å². The quantitative estimate of drug-likeness (QED) is 0.883. The van der Waals surface area contributed by atoms with E-state index in [0.717, 1.165) is 32.5 Å². The van der Waals surface area contributed by atoms with Crippen LogP contribution >= 0.6 is 0 Å². The van der Waals surface area contributed by atoms with Gasteiger partial charge in [-0.2, -0.15) is 0 Å². The second-order valence-corrected chi connectivity index (χ2v) is 5.17. The molecule has 0 radical (unpaired) electrons. The molecule has 0 amide bonds. The maximum Gasteiger partial charge on any atom is 0.0647 e. The zero-order chi connectivity index (χ0) is 13.0. The Morgan fingerprint density at radius 2 is 1.94 bits per heavy atom. The molecule has 1 aliphatic heterocycles. The minimum absolute atomic E-state index is 0.213. The minimum atomic E-state index is 0.213. The van der Waals surface area contributed by atoms with E-state index in [0.29, 0.717) is 0 Å².